The van der Waals surface area contributed by atoms with Gasteiger partial charge in [-0.3, -0.25) is 0 Å². The van der Waals surface area contributed by atoms with E-state index in [0.29, 0.717) is 9.65 Å². The molecule has 0 N–H and O–H groups in total. The quantitative estimate of drug-likeness (QED) is 0.472. The molecule has 0 aromatic carbocycles. The number of hydrogen-bond acceptors (Lipinski definition) is 0. The molecule has 2 bridgehead atoms. The van der Waals surface area contributed by atoms with Gasteiger partial charge in [-0.05, 0) is 42.9 Å². The average molecular weight is 306 g/mol. The van der Waals surface area contributed by atoms with Gasteiger partial charge in [-0.15, -0.1) is 0 Å². The Kier molecular flexibility index (Phi) is 2.13. The zero-order chi connectivity index (χ0) is 9.00. The molecule has 0 aromatic heterocycles. The maximum Gasteiger partial charge on any atom is 0.0274 e. The molecule has 0 nitrogen and oxygen atoms in total. The van der Waals surface area contributed by atoms with Crippen LogP contribution in [0.25, 0.3) is 0 Å². The summed E-state index contributed by atoms with van der Waals surface area (Å²) in [7, 11) is 0. The van der Waals surface area contributed by atoms with E-state index in [2.05, 4.69) is 44.0 Å². The van der Waals surface area contributed by atoms with Crippen molar-refractivity contribution in [1.29, 1.82) is 0 Å². The fraction of sp³-hybridized carbons (Fsp3) is 0.818. The maximum absolute atomic E-state index is 3.79. The van der Waals surface area contributed by atoms with Crippen LogP contribution in [-0.4, -0.2) is 9.65 Å². The molecular weight excluding hydrogens is 292 g/mol. The van der Waals surface area contributed by atoms with Crippen LogP contribution >= 0.6 is 31.9 Å². The lowest BCUT2D eigenvalue weighted by Crippen LogP contribution is -2.34. The second-order valence-corrected chi connectivity index (χ2v) is 7.13. The predicted octanol–water partition coefficient (Wildman–Crippen LogP) is 3.75. The average Bonchev–Trinajstić information content (AvgIpc) is 2.67. The third-order valence-electron chi connectivity index (χ3n) is 4.19. The third kappa shape index (κ3) is 1.28. The van der Waals surface area contributed by atoms with E-state index in [9.17, 15) is 0 Å². The predicted molar refractivity (Wildman–Crippen MR) is 62.4 cm³/mol. The first-order valence-electron chi connectivity index (χ1n) is 5.22. The SMILES string of the molecule is BrC1CC2C3C=CC(C3)C2CC1Br. The Morgan fingerprint density at radius 1 is 0.769 bits per heavy atom. The maximum atomic E-state index is 3.79. The van der Waals surface area contributed by atoms with E-state index in [1.807, 2.05) is 0 Å². The molecular formula is C11H14Br2. The van der Waals surface area contributed by atoms with E-state index in [1.54, 1.807) is 0 Å². The lowest BCUT2D eigenvalue weighted by Gasteiger charge is -2.37. The van der Waals surface area contributed by atoms with E-state index >= 15 is 0 Å². The van der Waals surface area contributed by atoms with E-state index in [4.69, 9.17) is 0 Å². The normalized spacial score (nSPS) is 58.3. The van der Waals surface area contributed by atoms with Crippen molar-refractivity contribution >= 4 is 31.9 Å². The molecule has 0 heterocycles. The van der Waals surface area contributed by atoms with E-state index in [0.717, 1.165) is 23.7 Å². The molecule has 0 radical (unpaired) electrons. The summed E-state index contributed by atoms with van der Waals surface area (Å²) in [5.41, 5.74) is 0. The Bertz CT molecular complexity index is 224. The van der Waals surface area contributed by atoms with Crippen molar-refractivity contribution in [2.24, 2.45) is 23.7 Å². The molecule has 2 heteroatoms. The Morgan fingerprint density at radius 2 is 1.23 bits per heavy atom. The summed E-state index contributed by atoms with van der Waals surface area (Å²) in [4.78, 5) is 1.42. The van der Waals surface area contributed by atoms with Gasteiger partial charge in [0, 0.05) is 9.65 Å². The van der Waals surface area contributed by atoms with E-state index in [1.165, 1.54) is 19.3 Å². The van der Waals surface area contributed by atoms with Crippen molar-refractivity contribution in [1.82, 2.24) is 0 Å². The fourth-order valence-electron chi connectivity index (χ4n) is 3.54. The van der Waals surface area contributed by atoms with Crippen molar-refractivity contribution in [2.45, 2.75) is 28.9 Å². The topological polar surface area (TPSA) is 0 Å². The monoisotopic (exact) mass is 304 g/mol. The Hall–Kier alpha value is 0.700. The molecule has 6 atom stereocenters. The zero-order valence-electron chi connectivity index (χ0n) is 7.50. The molecule has 2 saturated carbocycles. The van der Waals surface area contributed by atoms with E-state index in [-0.39, 0.29) is 0 Å². The number of rotatable bonds is 0. The molecule has 0 spiro atoms. The fourth-order valence-corrected chi connectivity index (χ4v) is 4.84. The highest BCUT2D eigenvalue weighted by molar-refractivity contribution is 9.12. The summed E-state index contributed by atoms with van der Waals surface area (Å²) < 4.78 is 0. The van der Waals surface area contributed by atoms with Gasteiger partial charge in [0.05, 0.1) is 0 Å². The van der Waals surface area contributed by atoms with Crippen LogP contribution in [0.3, 0.4) is 0 Å². The highest BCUT2D eigenvalue weighted by Gasteiger charge is 2.48. The minimum atomic E-state index is 0.710. The first-order chi connectivity index (χ1) is 6.25. The molecule has 72 valence electrons. The molecule has 0 aromatic rings. The standard InChI is InChI=1S/C11H14Br2/c12-10-4-8-6-1-2-7(3-6)9(8)5-11(10)13/h1-2,6-11H,3-5H2. The summed E-state index contributed by atoms with van der Waals surface area (Å²) >= 11 is 7.58. The molecule has 6 unspecified atom stereocenters. The van der Waals surface area contributed by atoms with Gasteiger partial charge in [0.2, 0.25) is 0 Å². The number of hydrogen-bond donors (Lipinski definition) is 0. The first kappa shape index (κ1) is 8.96. The Labute approximate surface area is 96.4 Å². The summed E-state index contributed by atoms with van der Waals surface area (Å²) in [6, 6.07) is 0. The molecule has 13 heavy (non-hydrogen) atoms. The third-order valence-corrected chi connectivity index (χ3v) is 6.92. The number of fused-ring (bicyclic) bond motifs is 5. The molecule has 0 amide bonds. The minimum Gasteiger partial charge on any atom is -0.0878 e. The second kappa shape index (κ2) is 3.10. The number of halogens is 2. The van der Waals surface area contributed by atoms with Gasteiger partial charge in [-0.25, -0.2) is 0 Å². The molecule has 3 rings (SSSR count). The van der Waals surface area contributed by atoms with Crippen molar-refractivity contribution in [3.05, 3.63) is 12.2 Å². The van der Waals surface area contributed by atoms with Gasteiger partial charge in [0.15, 0.2) is 0 Å². The Morgan fingerprint density at radius 3 is 1.69 bits per heavy atom. The van der Waals surface area contributed by atoms with Gasteiger partial charge in [0.1, 0.15) is 0 Å². The molecule has 3 aliphatic rings. The van der Waals surface area contributed by atoms with Crippen molar-refractivity contribution in [2.75, 3.05) is 0 Å². The van der Waals surface area contributed by atoms with Crippen LogP contribution < -0.4 is 0 Å². The lowest BCUT2D eigenvalue weighted by molar-refractivity contribution is 0.235. The highest BCUT2D eigenvalue weighted by Crippen LogP contribution is 2.55. The highest BCUT2D eigenvalue weighted by atomic mass is 79.9. The molecule has 2 fully saturated rings. The largest absolute Gasteiger partial charge is 0.0878 e. The van der Waals surface area contributed by atoms with Gasteiger partial charge in [-0.2, -0.15) is 0 Å². The molecule has 0 saturated heterocycles. The van der Waals surface area contributed by atoms with Crippen molar-refractivity contribution < 1.29 is 0 Å². The summed E-state index contributed by atoms with van der Waals surface area (Å²) in [5, 5.41) is 0. The van der Waals surface area contributed by atoms with Crippen LogP contribution in [0.4, 0.5) is 0 Å². The van der Waals surface area contributed by atoms with Crippen LogP contribution in [0.15, 0.2) is 12.2 Å². The van der Waals surface area contributed by atoms with Crippen LogP contribution in [0.1, 0.15) is 19.3 Å². The second-order valence-electron chi connectivity index (χ2n) is 4.78. The van der Waals surface area contributed by atoms with Crippen LogP contribution in [0, 0.1) is 23.7 Å². The van der Waals surface area contributed by atoms with Crippen LogP contribution in [0.5, 0.6) is 0 Å². The molecule has 0 aliphatic heterocycles. The van der Waals surface area contributed by atoms with Gasteiger partial charge >= 0.3 is 0 Å². The van der Waals surface area contributed by atoms with Crippen molar-refractivity contribution in [3.8, 4) is 0 Å². The van der Waals surface area contributed by atoms with E-state index < -0.39 is 0 Å². The summed E-state index contributed by atoms with van der Waals surface area (Å²) in [6.07, 6.45) is 9.16. The lowest BCUT2D eigenvalue weighted by atomic mass is 9.73. The van der Waals surface area contributed by atoms with Gasteiger partial charge < -0.3 is 0 Å². The van der Waals surface area contributed by atoms with Gasteiger partial charge in [-0.1, -0.05) is 44.0 Å². The number of allylic oxidation sites excluding steroid dienone is 2. The Balaban J connectivity index is 1.85. The first-order valence-corrected chi connectivity index (χ1v) is 7.05. The van der Waals surface area contributed by atoms with Crippen molar-refractivity contribution in [3.63, 3.8) is 0 Å². The summed E-state index contributed by atoms with van der Waals surface area (Å²) in [6.45, 7) is 0. The van der Waals surface area contributed by atoms with Gasteiger partial charge in [0.25, 0.3) is 0 Å². The molecule has 3 aliphatic carbocycles. The zero-order valence-corrected chi connectivity index (χ0v) is 10.7. The van der Waals surface area contributed by atoms with Crippen LogP contribution in [0.2, 0.25) is 0 Å². The number of alkyl halides is 2. The summed E-state index contributed by atoms with van der Waals surface area (Å²) in [5.74, 6) is 3.84. The van der Waals surface area contributed by atoms with Crippen LogP contribution in [-0.2, 0) is 0 Å². The smallest absolute Gasteiger partial charge is 0.0274 e. The minimum absolute atomic E-state index is 0.710.